The van der Waals surface area contributed by atoms with Crippen molar-refractivity contribution in [3.63, 3.8) is 0 Å². The Bertz CT molecular complexity index is 1990. The molecule has 2 N–H and O–H groups in total. The molecular formula is C31H28ClN5O7S. The predicted octanol–water partition coefficient (Wildman–Crippen LogP) is 5.09. The largest absolute Gasteiger partial charge is 0.497 e. The lowest BCUT2D eigenvalue weighted by Crippen LogP contribution is -2.17. The molecule has 12 nitrogen and oxygen atoms in total. The second-order valence-electron chi connectivity index (χ2n) is 9.73. The van der Waals surface area contributed by atoms with E-state index in [1.165, 1.54) is 51.7 Å². The van der Waals surface area contributed by atoms with E-state index < -0.39 is 10.0 Å². The molecule has 0 spiro atoms. The van der Waals surface area contributed by atoms with Crippen LogP contribution in [-0.2, 0) is 21.2 Å². The Morgan fingerprint density at radius 1 is 0.889 bits per heavy atom. The first-order valence-electron chi connectivity index (χ1n) is 13.4. The van der Waals surface area contributed by atoms with E-state index in [1.54, 1.807) is 54.0 Å². The van der Waals surface area contributed by atoms with Crippen LogP contribution < -0.4 is 24.2 Å². The fraction of sp³-hybridized carbons (Fsp3) is 0.161. The minimum absolute atomic E-state index is 0.0446. The van der Waals surface area contributed by atoms with Crippen LogP contribution >= 0.6 is 11.6 Å². The number of nitrogens with zero attached hydrogens (tertiary/aromatic N) is 3. The van der Waals surface area contributed by atoms with Crippen LogP contribution in [0.4, 0.5) is 11.5 Å². The Morgan fingerprint density at radius 3 is 2.24 bits per heavy atom. The number of fused-ring (bicyclic) bond motifs is 1. The summed E-state index contributed by atoms with van der Waals surface area (Å²) in [6, 6.07) is 18.8. The second kappa shape index (κ2) is 12.8. The summed E-state index contributed by atoms with van der Waals surface area (Å²) in [5.41, 5.74) is 2.67. The number of benzene rings is 3. The van der Waals surface area contributed by atoms with Crippen molar-refractivity contribution in [2.24, 2.45) is 0 Å². The van der Waals surface area contributed by atoms with Crippen molar-refractivity contribution in [1.82, 2.24) is 14.5 Å². The van der Waals surface area contributed by atoms with Crippen molar-refractivity contribution in [3.8, 4) is 17.6 Å². The molecule has 0 fully saturated rings. The molecule has 0 saturated heterocycles. The van der Waals surface area contributed by atoms with Gasteiger partial charge in [0.25, 0.3) is 15.9 Å². The molecule has 45 heavy (non-hydrogen) atoms. The molecule has 5 rings (SSSR count). The highest BCUT2D eigenvalue weighted by Gasteiger charge is 2.23. The molecule has 0 bridgehead atoms. The minimum atomic E-state index is -4.04. The molecule has 2 heterocycles. The van der Waals surface area contributed by atoms with Crippen molar-refractivity contribution in [3.05, 3.63) is 94.6 Å². The maximum Gasteiger partial charge on any atom is 0.321 e. The number of amides is 1. The molecular weight excluding hydrogens is 622 g/mol. The summed E-state index contributed by atoms with van der Waals surface area (Å²) >= 11 is 6.01. The number of hydrogen-bond acceptors (Lipinski definition) is 9. The zero-order valence-electron chi connectivity index (χ0n) is 24.6. The van der Waals surface area contributed by atoms with E-state index >= 15 is 0 Å². The Labute approximate surface area is 264 Å². The third kappa shape index (κ3) is 6.69. The SMILES string of the molecule is COc1ccc2c(c1)c(CC(=O)Nc1ccc(S(=O)(=O)Nc3cc(OC)nc(OC)n3)cc1)c(C)n2C(=O)c1ccc(Cl)cc1. The number of sulfonamides is 1. The van der Waals surface area contributed by atoms with Gasteiger partial charge in [0.05, 0.1) is 38.2 Å². The number of carbonyl (C=O) groups is 2. The quantitative estimate of drug-likeness (QED) is 0.211. The van der Waals surface area contributed by atoms with Crippen LogP contribution in [0.25, 0.3) is 10.9 Å². The molecule has 0 saturated carbocycles. The van der Waals surface area contributed by atoms with Crippen LogP contribution in [0.5, 0.6) is 17.6 Å². The summed E-state index contributed by atoms with van der Waals surface area (Å²) in [6.07, 6.45) is -0.0601. The number of hydrogen-bond donors (Lipinski definition) is 2. The number of methoxy groups -OCH3 is 3. The Balaban J connectivity index is 1.37. The van der Waals surface area contributed by atoms with Crippen LogP contribution in [0.15, 0.2) is 77.7 Å². The van der Waals surface area contributed by atoms with Gasteiger partial charge >= 0.3 is 6.01 Å². The normalized spacial score (nSPS) is 11.2. The number of aromatic nitrogens is 3. The van der Waals surface area contributed by atoms with Crippen molar-refractivity contribution in [2.75, 3.05) is 31.4 Å². The van der Waals surface area contributed by atoms with Gasteiger partial charge < -0.3 is 19.5 Å². The zero-order valence-corrected chi connectivity index (χ0v) is 26.2. The Kier molecular flexibility index (Phi) is 8.93. The van der Waals surface area contributed by atoms with Crippen LogP contribution in [0, 0.1) is 6.92 Å². The van der Waals surface area contributed by atoms with E-state index in [4.69, 9.17) is 25.8 Å². The summed E-state index contributed by atoms with van der Waals surface area (Å²) in [5.74, 6) is 0.00753. The number of carbonyl (C=O) groups excluding carboxylic acids is 2. The van der Waals surface area contributed by atoms with Crippen molar-refractivity contribution in [2.45, 2.75) is 18.2 Å². The minimum Gasteiger partial charge on any atom is -0.497 e. The smallest absolute Gasteiger partial charge is 0.321 e. The van der Waals surface area contributed by atoms with Gasteiger partial charge in [0, 0.05) is 33.4 Å². The molecule has 0 aliphatic carbocycles. The molecule has 1 amide bonds. The van der Waals surface area contributed by atoms with Gasteiger partial charge in [0.1, 0.15) is 5.75 Å². The van der Waals surface area contributed by atoms with Gasteiger partial charge in [-0.05, 0) is 79.2 Å². The molecule has 0 radical (unpaired) electrons. The first-order valence-corrected chi connectivity index (χ1v) is 15.3. The average Bonchev–Trinajstić information content (AvgIpc) is 3.30. The number of halogens is 1. The van der Waals surface area contributed by atoms with E-state index in [2.05, 4.69) is 20.0 Å². The molecule has 3 aromatic carbocycles. The summed E-state index contributed by atoms with van der Waals surface area (Å²) in [7, 11) is 0.220. The van der Waals surface area contributed by atoms with Crippen LogP contribution in [0.2, 0.25) is 5.02 Å². The number of anilines is 2. The first kappa shape index (κ1) is 31.3. The Hall–Kier alpha value is -5.14. The lowest BCUT2D eigenvalue weighted by atomic mass is 10.1. The standard InChI is InChI=1S/C31H28ClN5O7S/c1-18-24(25-15-22(42-2)11-14-26(25)37(18)30(39)19-5-7-20(32)8-6-19)16-28(38)33-21-9-12-23(13-10-21)45(40,41)36-27-17-29(43-3)35-31(34-27)44-4/h5-15,17H,16H2,1-4H3,(H,33,38)(H,34,35,36). The highest BCUT2D eigenvalue weighted by molar-refractivity contribution is 7.92. The third-order valence-electron chi connectivity index (χ3n) is 6.93. The third-order valence-corrected chi connectivity index (χ3v) is 8.56. The maximum atomic E-state index is 13.5. The molecule has 14 heteroatoms. The number of nitrogens with one attached hydrogen (secondary N) is 2. The Morgan fingerprint density at radius 2 is 1.60 bits per heavy atom. The topological polar surface area (TPSA) is 151 Å². The molecule has 0 aliphatic heterocycles. The van der Waals surface area contributed by atoms with Gasteiger partial charge in [-0.25, -0.2) is 8.42 Å². The predicted molar refractivity (Wildman–Crippen MR) is 169 cm³/mol. The maximum absolute atomic E-state index is 13.5. The highest BCUT2D eigenvalue weighted by atomic mass is 35.5. The summed E-state index contributed by atoms with van der Waals surface area (Å²) < 4.78 is 45.3. The molecule has 0 unspecified atom stereocenters. The van der Waals surface area contributed by atoms with Crippen LogP contribution in [0.1, 0.15) is 21.6 Å². The van der Waals surface area contributed by atoms with Crippen molar-refractivity contribution < 1.29 is 32.2 Å². The van der Waals surface area contributed by atoms with Crippen molar-refractivity contribution in [1.29, 1.82) is 0 Å². The monoisotopic (exact) mass is 649 g/mol. The molecule has 5 aromatic rings. The number of ether oxygens (including phenoxy) is 3. The van der Waals surface area contributed by atoms with Crippen LogP contribution in [-0.4, -0.2) is 56.1 Å². The van der Waals surface area contributed by atoms with E-state index in [0.29, 0.717) is 44.2 Å². The van der Waals surface area contributed by atoms with Gasteiger partial charge in [-0.15, -0.1) is 0 Å². The molecule has 2 aromatic heterocycles. The second-order valence-corrected chi connectivity index (χ2v) is 11.9. The van der Waals surface area contributed by atoms with E-state index in [1.807, 2.05) is 0 Å². The lowest BCUT2D eigenvalue weighted by molar-refractivity contribution is -0.115. The lowest BCUT2D eigenvalue weighted by Gasteiger charge is -2.11. The fourth-order valence-corrected chi connectivity index (χ4v) is 5.85. The van der Waals surface area contributed by atoms with Gasteiger partial charge in [-0.2, -0.15) is 9.97 Å². The van der Waals surface area contributed by atoms with Gasteiger partial charge in [-0.3, -0.25) is 18.9 Å². The zero-order chi connectivity index (χ0) is 32.3. The number of rotatable bonds is 10. The summed E-state index contributed by atoms with van der Waals surface area (Å²) in [5, 5.41) is 4.00. The molecule has 0 aliphatic rings. The van der Waals surface area contributed by atoms with Crippen molar-refractivity contribution >= 4 is 55.8 Å². The average molecular weight is 650 g/mol. The summed E-state index contributed by atoms with van der Waals surface area (Å²) in [4.78, 5) is 34.6. The van der Waals surface area contributed by atoms with Crippen LogP contribution in [0.3, 0.4) is 0 Å². The first-order chi connectivity index (χ1) is 21.5. The van der Waals surface area contributed by atoms with E-state index in [9.17, 15) is 18.0 Å². The highest BCUT2D eigenvalue weighted by Crippen LogP contribution is 2.31. The molecule has 0 atom stereocenters. The van der Waals surface area contributed by atoms with Gasteiger partial charge in [0.15, 0.2) is 5.82 Å². The molecule has 232 valence electrons. The van der Waals surface area contributed by atoms with Gasteiger partial charge in [-0.1, -0.05) is 11.6 Å². The summed E-state index contributed by atoms with van der Waals surface area (Å²) in [6.45, 7) is 1.78. The van der Waals surface area contributed by atoms with E-state index in [0.717, 1.165) is 0 Å². The van der Waals surface area contributed by atoms with Gasteiger partial charge in [0.2, 0.25) is 11.8 Å². The fourth-order valence-electron chi connectivity index (χ4n) is 4.73. The van der Waals surface area contributed by atoms with E-state index in [-0.39, 0.29) is 40.8 Å².